The fraction of sp³-hybridized carbons (Fsp3) is 0.435. The molecule has 2 aliphatic heterocycles. The molecule has 1 saturated heterocycles. The number of carbonyl (C=O) groups is 2. The summed E-state index contributed by atoms with van der Waals surface area (Å²) < 4.78 is 5.94. The first-order chi connectivity index (χ1) is 15.5. The molecule has 2 aliphatic rings. The third-order valence-corrected chi connectivity index (χ3v) is 5.67. The second-order valence-corrected chi connectivity index (χ2v) is 7.95. The van der Waals surface area contributed by atoms with Gasteiger partial charge in [0.25, 0.3) is 5.91 Å². The van der Waals surface area contributed by atoms with Crippen molar-refractivity contribution in [1.29, 1.82) is 0 Å². The molecule has 0 saturated carbocycles. The topological polar surface area (TPSA) is 100 Å². The minimum atomic E-state index is -0.280. The third kappa shape index (κ3) is 5.11. The molecule has 2 amide bonds. The van der Waals surface area contributed by atoms with Crippen molar-refractivity contribution in [2.24, 2.45) is 5.10 Å². The first-order valence-corrected chi connectivity index (χ1v) is 10.9. The lowest BCUT2D eigenvalue weighted by Crippen LogP contribution is -2.43. The smallest absolute Gasteiger partial charge is 0.269 e. The van der Waals surface area contributed by atoms with Gasteiger partial charge in [0.05, 0.1) is 24.5 Å². The quantitative estimate of drug-likeness (QED) is 0.742. The Morgan fingerprint density at radius 1 is 1.22 bits per heavy atom. The highest BCUT2D eigenvalue weighted by Crippen LogP contribution is 2.24. The van der Waals surface area contributed by atoms with E-state index in [1.807, 2.05) is 41.1 Å². The average Bonchev–Trinajstić information content (AvgIpc) is 3.27. The standard InChI is InChI=1S/C23H28N6O3/c1-16-8-10-29(27-16)11-9-22(30)28-12-13-32-21(15-28)19-5-3-4-18(26-19)17-6-7-20(25-14-17)23(31)24-2/h3-7,14,21H,8-13,15H2,1-2H3,(H,24,31)/t21-/m1/s1. The Morgan fingerprint density at radius 2 is 2.09 bits per heavy atom. The molecule has 0 spiro atoms. The number of carbonyl (C=O) groups excluding carboxylic acids is 2. The van der Waals surface area contributed by atoms with Crippen molar-refractivity contribution in [3.63, 3.8) is 0 Å². The molecule has 9 heteroatoms. The van der Waals surface area contributed by atoms with Crippen LogP contribution in [-0.4, -0.2) is 77.2 Å². The molecule has 4 heterocycles. The van der Waals surface area contributed by atoms with Gasteiger partial charge in [-0.15, -0.1) is 0 Å². The summed E-state index contributed by atoms with van der Waals surface area (Å²) in [5.41, 5.74) is 3.80. The summed E-state index contributed by atoms with van der Waals surface area (Å²) in [6.45, 7) is 5.09. The van der Waals surface area contributed by atoms with Crippen molar-refractivity contribution >= 4 is 17.5 Å². The van der Waals surface area contributed by atoms with Crippen LogP contribution in [0, 0.1) is 0 Å². The van der Waals surface area contributed by atoms with Crippen molar-refractivity contribution in [2.75, 3.05) is 39.8 Å². The van der Waals surface area contributed by atoms with Crippen LogP contribution in [0.1, 0.15) is 42.1 Å². The number of nitrogens with one attached hydrogen (secondary N) is 1. The summed E-state index contributed by atoms with van der Waals surface area (Å²) in [7, 11) is 1.57. The van der Waals surface area contributed by atoms with Crippen molar-refractivity contribution < 1.29 is 14.3 Å². The lowest BCUT2D eigenvalue weighted by atomic mass is 10.1. The van der Waals surface area contributed by atoms with Gasteiger partial charge >= 0.3 is 0 Å². The Bertz CT molecular complexity index is 1010. The van der Waals surface area contributed by atoms with Crippen molar-refractivity contribution in [2.45, 2.75) is 25.9 Å². The van der Waals surface area contributed by atoms with E-state index in [1.165, 1.54) is 0 Å². The van der Waals surface area contributed by atoms with E-state index in [4.69, 9.17) is 9.72 Å². The number of hydrogen-bond donors (Lipinski definition) is 1. The Kier molecular flexibility index (Phi) is 6.75. The van der Waals surface area contributed by atoms with Gasteiger partial charge in [-0.2, -0.15) is 5.10 Å². The van der Waals surface area contributed by atoms with E-state index in [0.29, 0.717) is 38.4 Å². The molecule has 0 aromatic carbocycles. The molecule has 0 radical (unpaired) electrons. The Morgan fingerprint density at radius 3 is 2.81 bits per heavy atom. The van der Waals surface area contributed by atoms with Crippen molar-refractivity contribution in [1.82, 2.24) is 25.2 Å². The Labute approximate surface area is 187 Å². The third-order valence-electron chi connectivity index (χ3n) is 5.67. The van der Waals surface area contributed by atoms with Gasteiger partial charge in [-0.05, 0) is 31.2 Å². The molecule has 0 bridgehead atoms. The van der Waals surface area contributed by atoms with Crippen LogP contribution in [0.3, 0.4) is 0 Å². The van der Waals surface area contributed by atoms with Crippen molar-refractivity contribution in [3.05, 3.63) is 47.9 Å². The van der Waals surface area contributed by atoms with Gasteiger partial charge in [0.2, 0.25) is 5.91 Å². The Hall–Kier alpha value is -3.33. The molecule has 2 aromatic rings. The van der Waals surface area contributed by atoms with Gasteiger partial charge < -0.3 is 15.0 Å². The molecule has 2 aromatic heterocycles. The zero-order chi connectivity index (χ0) is 22.5. The van der Waals surface area contributed by atoms with Crippen LogP contribution in [0.4, 0.5) is 0 Å². The zero-order valence-electron chi connectivity index (χ0n) is 18.5. The number of pyridine rings is 2. The number of hydrazone groups is 1. The largest absolute Gasteiger partial charge is 0.368 e. The second kappa shape index (κ2) is 9.86. The van der Waals surface area contributed by atoms with Crippen LogP contribution < -0.4 is 5.32 Å². The number of morpholine rings is 1. The normalized spacial score (nSPS) is 18.4. The number of nitrogens with zero attached hydrogens (tertiary/aromatic N) is 5. The maximum absolute atomic E-state index is 12.7. The summed E-state index contributed by atoms with van der Waals surface area (Å²) in [5.74, 6) is -0.117. The molecule has 4 rings (SSSR count). The lowest BCUT2D eigenvalue weighted by Gasteiger charge is -2.33. The highest BCUT2D eigenvalue weighted by Gasteiger charge is 2.27. The molecule has 168 valence electrons. The van der Waals surface area contributed by atoms with Gasteiger partial charge in [0, 0.05) is 57.0 Å². The van der Waals surface area contributed by atoms with Gasteiger partial charge in [-0.3, -0.25) is 19.6 Å². The van der Waals surface area contributed by atoms with E-state index in [2.05, 4.69) is 15.4 Å². The van der Waals surface area contributed by atoms with E-state index in [9.17, 15) is 9.59 Å². The van der Waals surface area contributed by atoms with Crippen LogP contribution in [0.2, 0.25) is 0 Å². The fourth-order valence-electron chi connectivity index (χ4n) is 3.83. The molecule has 1 atom stereocenters. The summed E-state index contributed by atoms with van der Waals surface area (Å²) in [6.07, 6.45) is 2.77. The maximum Gasteiger partial charge on any atom is 0.269 e. The molecule has 9 nitrogen and oxygen atoms in total. The van der Waals surface area contributed by atoms with Gasteiger partial charge in [-0.25, -0.2) is 4.98 Å². The molecule has 1 fully saturated rings. The van der Waals surface area contributed by atoms with Crippen LogP contribution in [-0.2, 0) is 9.53 Å². The SMILES string of the molecule is CNC(=O)c1ccc(-c2cccc([C@H]3CN(C(=O)CCN4CCC(C)=N4)CCO3)n2)cn1. The lowest BCUT2D eigenvalue weighted by molar-refractivity contribution is -0.139. The summed E-state index contributed by atoms with van der Waals surface area (Å²) in [6, 6.07) is 9.22. The highest BCUT2D eigenvalue weighted by molar-refractivity contribution is 5.92. The highest BCUT2D eigenvalue weighted by atomic mass is 16.5. The van der Waals surface area contributed by atoms with Crippen LogP contribution >= 0.6 is 0 Å². The fourth-order valence-corrected chi connectivity index (χ4v) is 3.83. The molecular weight excluding hydrogens is 408 g/mol. The summed E-state index contributed by atoms with van der Waals surface area (Å²) >= 11 is 0. The van der Waals surface area contributed by atoms with Crippen molar-refractivity contribution in [3.8, 4) is 11.3 Å². The summed E-state index contributed by atoms with van der Waals surface area (Å²) in [4.78, 5) is 35.3. The number of rotatable bonds is 6. The minimum absolute atomic E-state index is 0.114. The van der Waals surface area contributed by atoms with E-state index in [1.54, 1.807) is 19.3 Å². The zero-order valence-corrected chi connectivity index (χ0v) is 18.5. The molecule has 1 N–H and O–H groups in total. The van der Waals surface area contributed by atoms with E-state index in [-0.39, 0.29) is 17.9 Å². The van der Waals surface area contributed by atoms with Gasteiger partial charge in [0.15, 0.2) is 0 Å². The predicted molar refractivity (Wildman–Crippen MR) is 120 cm³/mol. The van der Waals surface area contributed by atoms with E-state index in [0.717, 1.165) is 35.6 Å². The van der Waals surface area contributed by atoms with Gasteiger partial charge in [0.1, 0.15) is 11.8 Å². The molecule has 0 aliphatic carbocycles. The predicted octanol–water partition coefficient (Wildman–Crippen LogP) is 1.87. The number of ether oxygens (including phenoxy) is 1. The van der Waals surface area contributed by atoms with Crippen LogP contribution in [0.15, 0.2) is 41.6 Å². The Balaban J connectivity index is 1.40. The molecule has 0 unspecified atom stereocenters. The van der Waals surface area contributed by atoms with E-state index >= 15 is 0 Å². The molecular formula is C23H28N6O3. The maximum atomic E-state index is 12.7. The van der Waals surface area contributed by atoms with Crippen LogP contribution in [0.5, 0.6) is 0 Å². The first kappa shape index (κ1) is 21.9. The second-order valence-electron chi connectivity index (χ2n) is 7.95. The van der Waals surface area contributed by atoms with E-state index < -0.39 is 0 Å². The summed E-state index contributed by atoms with van der Waals surface area (Å²) in [5, 5.41) is 8.97. The average molecular weight is 437 g/mol. The number of amides is 2. The molecule has 32 heavy (non-hydrogen) atoms. The minimum Gasteiger partial charge on any atom is -0.368 e. The van der Waals surface area contributed by atoms with Gasteiger partial charge in [-0.1, -0.05) is 6.07 Å². The monoisotopic (exact) mass is 436 g/mol. The van der Waals surface area contributed by atoms with Crippen LogP contribution in [0.25, 0.3) is 11.3 Å². The number of aromatic nitrogens is 2. The number of hydrogen-bond acceptors (Lipinski definition) is 7. The first-order valence-electron chi connectivity index (χ1n) is 10.9.